The number of carbonyl (C=O) groups is 2. The fourth-order valence-corrected chi connectivity index (χ4v) is 2.11. The number of amides is 1. The molecule has 1 amide bonds. The predicted octanol–water partition coefficient (Wildman–Crippen LogP) is 2.92. The van der Waals surface area contributed by atoms with Crippen molar-refractivity contribution >= 4 is 46.5 Å². The normalized spacial score (nSPS) is 10.2. The number of aromatic carboxylic acids is 1. The molecule has 21 heavy (non-hydrogen) atoms. The van der Waals surface area contributed by atoms with Crippen molar-refractivity contribution in [1.82, 2.24) is 4.98 Å². The molecule has 0 aliphatic carbocycles. The summed E-state index contributed by atoms with van der Waals surface area (Å²) in [6.07, 6.45) is 1.34. The number of carbonyl (C=O) groups excluding carboxylic acids is 1. The lowest BCUT2D eigenvalue weighted by Gasteiger charge is -2.10. The molecule has 0 aliphatic rings. The lowest BCUT2D eigenvalue weighted by Crippen LogP contribution is -2.14. The molecule has 0 aliphatic heterocycles. The summed E-state index contributed by atoms with van der Waals surface area (Å²) in [5.41, 5.74) is 6.07. The van der Waals surface area contributed by atoms with Crippen LogP contribution in [0.15, 0.2) is 30.5 Å². The molecule has 0 fully saturated rings. The lowest BCUT2D eigenvalue weighted by molar-refractivity contribution is 0.0696. The van der Waals surface area contributed by atoms with E-state index >= 15 is 0 Å². The van der Waals surface area contributed by atoms with Gasteiger partial charge in [0.15, 0.2) is 0 Å². The summed E-state index contributed by atoms with van der Waals surface area (Å²) in [6.45, 7) is 0. The van der Waals surface area contributed by atoms with Crippen LogP contribution in [0.2, 0.25) is 10.0 Å². The van der Waals surface area contributed by atoms with Crippen molar-refractivity contribution in [2.75, 3.05) is 11.1 Å². The number of hydrogen-bond acceptors (Lipinski definition) is 4. The highest BCUT2D eigenvalue weighted by Crippen LogP contribution is 2.32. The second kappa shape index (κ2) is 5.99. The van der Waals surface area contributed by atoms with Crippen LogP contribution in [0, 0.1) is 0 Å². The van der Waals surface area contributed by atoms with Crippen LogP contribution >= 0.6 is 23.2 Å². The minimum absolute atomic E-state index is 0.0173. The van der Waals surface area contributed by atoms with Crippen molar-refractivity contribution < 1.29 is 14.7 Å². The van der Waals surface area contributed by atoms with Gasteiger partial charge in [0.1, 0.15) is 5.69 Å². The number of nitrogen functional groups attached to an aromatic ring is 1. The summed E-state index contributed by atoms with van der Waals surface area (Å²) in [4.78, 5) is 26.7. The van der Waals surface area contributed by atoms with E-state index < -0.39 is 11.9 Å². The minimum Gasteiger partial charge on any atom is -0.478 e. The van der Waals surface area contributed by atoms with Gasteiger partial charge in [0.2, 0.25) is 0 Å². The second-order valence-electron chi connectivity index (χ2n) is 4.05. The van der Waals surface area contributed by atoms with Crippen LogP contribution < -0.4 is 11.1 Å². The summed E-state index contributed by atoms with van der Waals surface area (Å²) < 4.78 is 0. The van der Waals surface area contributed by atoms with Crippen molar-refractivity contribution in [1.29, 1.82) is 0 Å². The number of rotatable bonds is 3. The van der Waals surface area contributed by atoms with Crippen LogP contribution in [0.25, 0.3) is 0 Å². The third-order valence-electron chi connectivity index (χ3n) is 2.55. The van der Waals surface area contributed by atoms with Gasteiger partial charge in [-0.1, -0.05) is 23.2 Å². The van der Waals surface area contributed by atoms with Crippen molar-refractivity contribution in [3.05, 3.63) is 51.8 Å². The summed E-state index contributed by atoms with van der Waals surface area (Å²) in [5.74, 6) is -1.71. The topological polar surface area (TPSA) is 105 Å². The van der Waals surface area contributed by atoms with E-state index in [2.05, 4.69) is 10.3 Å². The lowest BCUT2D eigenvalue weighted by atomic mass is 10.2. The van der Waals surface area contributed by atoms with E-state index in [-0.39, 0.29) is 27.0 Å². The number of benzene rings is 1. The number of anilines is 2. The zero-order valence-electron chi connectivity index (χ0n) is 10.4. The molecular weight excluding hydrogens is 317 g/mol. The van der Waals surface area contributed by atoms with E-state index in [1.807, 2.05) is 0 Å². The van der Waals surface area contributed by atoms with Gasteiger partial charge in [-0.3, -0.25) is 4.79 Å². The standard InChI is InChI=1S/C13H9Cl2N3O3/c14-8-3-6(13(20)21)4-9(15)11(8)18-12(19)10-2-1-7(16)5-17-10/h1-5H,16H2,(H,18,19)(H,20,21). The largest absolute Gasteiger partial charge is 0.478 e. The number of carboxylic acid groups (broad SMARTS) is 1. The molecule has 1 aromatic carbocycles. The highest BCUT2D eigenvalue weighted by Gasteiger charge is 2.15. The Bertz CT molecular complexity index is 694. The third-order valence-corrected chi connectivity index (χ3v) is 3.14. The van der Waals surface area contributed by atoms with Crippen molar-refractivity contribution in [3.8, 4) is 0 Å². The van der Waals surface area contributed by atoms with E-state index in [4.69, 9.17) is 34.0 Å². The molecule has 1 heterocycles. The van der Waals surface area contributed by atoms with E-state index in [1.54, 1.807) is 0 Å². The number of aromatic nitrogens is 1. The first-order valence-electron chi connectivity index (χ1n) is 5.63. The van der Waals surface area contributed by atoms with E-state index in [0.717, 1.165) is 0 Å². The van der Waals surface area contributed by atoms with E-state index in [1.165, 1.54) is 30.5 Å². The molecule has 0 saturated heterocycles. The average molecular weight is 326 g/mol. The van der Waals surface area contributed by atoms with Crippen LogP contribution in [0.5, 0.6) is 0 Å². The van der Waals surface area contributed by atoms with Crippen molar-refractivity contribution in [2.24, 2.45) is 0 Å². The Labute approximate surface area is 129 Å². The van der Waals surface area contributed by atoms with Crippen molar-refractivity contribution in [3.63, 3.8) is 0 Å². The summed E-state index contributed by atoms with van der Waals surface area (Å²) in [7, 11) is 0. The molecule has 0 atom stereocenters. The molecular formula is C13H9Cl2N3O3. The van der Waals surface area contributed by atoms with Crippen LogP contribution in [0.1, 0.15) is 20.8 Å². The molecule has 1 aromatic heterocycles. The Morgan fingerprint density at radius 2 is 1.81 bits per heavy atom. The third kappa shape index (κ3) is 3.42. The van der Waals surface area contributed by atoms with E-state index in [0.29, 0.717) is 5.69 Å². The molecule has 2 aromatic rings. The molecule has 0 radical (unpaired) electrons. The zero-order chi connectivity index (χ0) is 15.6. The zero-order valence-corrected chi connectivity index (χ0v) is 11.9. The smallest absolute Gasteiger partial charge is 0.335 e. The maximum absolute atomic E-state index is 12.0. The summed E-state index contributed by atoms with van der Waals surface area (Å²) >= 11 is 11.9. The van der Waals surface area contributed by atoms with Crippen molar-refractivity contribution in [2.45, 2.75) is 0 Å². The molecule has 2 rings (SSSR count). The number of halogens is 2. The Morgan fingerprint density at radius 1 is 1.19 bits per heavy atom. The van der Waals surface area contributed by atoms with Crippen LogP contribution in [0.4, 0.5) is 11.4 Å². The number of nitrogens with one attached hydrogen (secondary N) is 1. The number of pyridine rings is 1. The number of nitrogens with two attached hydrogens (primary N) is 1. The minimum atomic E-state index is -1.17. The number of nitrogens with zero attached hydrogens (tertiary/aromatic N) is 1. The van der Waals surface area contributed by atoms with E-state index in [9.17, 15) is 9.59 Å². The van der Waals surface area contributed by atoms with Gasteiger partial charge in [-0.15, -0.1) is 0 Å². The van der Waals surface area contributed by atoms with Gasteiger partial charge in [-0.25, -0.2) is 9.78 Å². The second-order valence-corrected chi connectivity index (χ2v) is 4.87. The fraction of sp³-hybridized carbons (Fsp3) is 0. The van der Waals surface area contributed by atoms with Gasteiger partial charge in [0.25, 0.3) is 5.91 Å². The fourth-order valence-electron chi connectivity index (χ4n) is 1.53. The highest BCUT2D eigenvalue weighted by molar-refractivity contribution is 6.40. The van der Waals surface area contributed by atoms with Crippen LogP contribution in [-0.2, 0) is 0 Å². The average Bonchev–Trinajstić information content (AvgIpc) is 2.43. The van der Waals surface area contributed by atoms with Gasteiger partial charge >= 0.3 is 5.97 Å². The molecule has 108 valence electrons. The summed E-state index contributed by atoms with van der Waals surface area (Å²) in [6, 6.07) is 5.36. The Hall–Kier alpha value is -2.31. The maximum Gasteiger partial charge on any atom is 0.335 e. The molecule has 4 N–H and O–H groups in total. The first-order chi connectivity index (χ1) is 9.88. The molecule has 0 spiro atoms. The predicted molar refractivity (Wildman–Crippen MR) is 80.0 cm³/mol. The maximum atomic E-state index is 12.0. The Balaban J connectivity index is 2.29. The first-order valence-corrected chi connectivity index (χ1v) is 6.39. The number of carboxylic acids is 1. The van der Waals surface area contributed by atoms with Gasteiger partial charge < -0.3 is 16.2 Å². The summed E-state index contributed by atoms with van der Waals surface area (Å²) in [5, 5.41) is 11.4. The molecule has 6 nitrogen and oxygen atoms in total. The first kappa shape index (κ1) is 15.1. The van der Waals surface area contributed by atoms with Crippen LogP contribution in [0.3, 0.4) is 0 Å². The number of hydrogen-bond donors (Lipinski definition) is 3. The van der Waals surface area contributed by atoms with Gasteiger partial charge in [0.05, 0.1) is 33.2 Å². The van der Waals surface area contributed by atoms with Gasteiger partial charge in [0, 0.05) is 0 Å². The highest BCUT2D eigenvalue weighted by atomic mass is 35.5. The molecule has 0 unspecified atom stereocenters. The van der Waals surface area contributed by atoms with Crippen LogP contribution in [-0.4, -0.2) is 22.0 Å². The molecule has 0 saturated carbocycles. The Morgan fingerprint density at radius 3 is 2.29 bits per heavy atom. The molecule has 0 bridgehead atoms. The molecule has 8 heteroatoms. The Kier molecular flexibility index (Phi) is 4.30. The SMILES string of the molecule is Nc1ccc(C(=O)Nc2c(Cl)cc(C(=O)O)cc2Cl)nc1. The quantitative estimate of drug-likeness (QED) is 0.804. The van der Waals surface area contributed by atoms with Gasteiger partial charge in [-0.05, 0) is 24.3 Å². The van der Waals surface area contributed by atoms with Gasteiger partial charge in [-0.2, -0.15) is 0 Å². The monoisotopic (exact) mass is 325 g/mol.